The number of anilines is 2. The van der Waals surface area contributed by atoms with Crippen molar-refractivity contribution >= 4 is 17.6 Å². The normalized spacial score (nSPS) is 11.1. The molecule has 0 aliphatic heterocycles. The number of alkyl halides is 3. The van der Waals surface area contributed by atoms with E-state index in [1.807, 2.05) is 6.07 Å². The summed E-state index contributed by atoms with van der Waals surface area (Å²) in [6, 6.07) is 8.70. The molecule has 38 heavy (non-hydrogen) atoms. The average Bonchev–Trinajstić information content (AvgIpc) is 3.30. The average molecular weight is 525 g/mol. The van der Waals surface area contributed by atoms with Crippen LogP contribution in [0, 0.1) is 18.3 Å². The first kappa shape index (κ1) is 25.9. The number of carboxylic acid groups (broad SMARTS) is 1. The fourth-order valence-corrected chi connectivity index (χ4v) is 3.52. The summed E-state index contributed by atoms with van der Waals surface area (Å²) >= 11 is 0. The number of carbonyl (C=O) groups is 1. The first-order valence-electron chi connectivity index (χ1n) is 10.7. The number of aromatic nitrogens is 5. The van der Waals surface area contributed by atoms with E-state index in [4.69, 9.17) is 9.47 Å². The molecular weight excluding hydrogens is 507 g/mol. The van der Waals surface area contributed by atoms with Crippen LogP contribution in [0.25, 0.3) is 16.9 Å². The molecule has 0 unspecified atom stereocenters. The zero-order valence-corrected chi connectivity index (χ0v) is 20.0. The van der Waals surface area contributed by atoms with Crippen LogP contribution in [0.15, 0.2) is 42.7 Å². The number of pyridine rings is 1. The monoisotopic (exact) mass is 525 g/mol. The van der Waals surface area contributed by atoms with Crippen LogP contribution in [0.2, 0.25) is 0 Å². The molecule has 0 bridgehead atoms. The van der Waals surface area contributed by atoms with Gasteiger partial charge in [-0.15, -0.1) is 0 Å². The van der Waals surface area contributed by atoms with Crippen molar-refractivity contribution in [3.8, 4) is 34.6 Å². The lowest BCUT2D eigenvalue weighted by atomic mass is 10.1. The van der Waals surface area contributed by atoms with Gasteiger partial charge in [-0.25, -0.2) is 19.4 Å². The van der Waals surface area contributed by atoms with Crippen molar-refractivity contribution in [2.75, 3.05) is 19.5 Å². The third-order valence-electron chi connectivity index (χ3n) is 5.26. The fourth-order valence-electron chi connectivity index (χ4n) is 3.52. The summed E-state index contributed by atoms with van der Waals surface area (Å²) in [5, 5.41) is 25.4. The number of rotatable bonds is 7. The molecule has 2 N–H and O–H groups in total. The molecule has 194 valence electrons. The van der Waals surface area contributed by atoms with Gasteiger partial charge in [0.2, 0.25) is 11.8 Å². The summed E-state index contributed by atoms with van der Waals surface area (Å²) in [6.45, 7) is 1.41. The molecule has 0 radical (unpaired) electrons. The summed E-state index contributed by atoms with van der Waals surface area (Å²) in [4.78, 5) is 24.3. The predicted molar refractivity (Wildman–Crippen MR) is 127 cm³/mol. The van der Waals surface area contributed by atoms with E-state index in [0.717, 1.165) is 10.7 Å². The number of hydrogen-bond donors (Lipinski definition) is 2. The molecule has 0 saturated heterocycles. The van der Waals surface area contributed by atoms with Crippen molar-refractivity contribution in [1.82, 2.24) is 24.7 Å². The molecule has 0 aliphatic rings. The van der Waals surface area contributed by atoms with Gasteiger partial charge in [-0.1, -0.05) is 0 Å². The number of ether oxygens (including phenoxy) is 2. The SMILES string of the molecule is COc1cc(C#N)cc(Nc2ncc(-c3cnc(OC)c(C(=O)O)c3)c(-n3nc(C(F)(F)F)cc3C)n2)c1. The zero-order valence-electron chi connectivity index (χ0n) is 20.0. The van der Waals surface area contributed by atoms with E-state index >= 15 is 0 Å². The molecule has 0 fully saturated rings. The number of benzene rings is 1. The second kappa shape index (κ2) is 10.1. The lowest BCUT2D eigenvalue weighted by molar-refractivity contribution is -0.141. The largest absolute Gasteiger partial charge is 0.497 e. The molecule has 1 aromatic carbocycles. The van der Waals surface area contributed by atoms with E-state index < -0.39 is 17.8 Å². The minimum atomic E-state index is -4.71. The molecule has 14 heteroatoms. The van der Waals surface area contributed by atoms with Crippen molar-refractivity contribution in [3.63, 3.8) is 0 Å². The van der Waals surface area contributed by atoms with Gasteiger partial charge in [-0.3, -0.25) is 0 Å². The predicted octanol–water partition coefficient (Wildman–Crippen LogP) is 4.38. The second-order valence-corrected chi connectivity index (χ2v) is 7.78. The van der Waals surface area contributed by atoms with Crippen LogP contribution in [0.5, 0.6) is 11.6 Å². The topological polar surface area (TPSA) is 148 Å². The van der Waals surface area contributed by atoms with Crippen LogP contribution in [-0.4, -0.2) is 50.0 Å². The van der Waals surface area contributed by atoms with Crippen LogP contribution in [0.1, 0.15) is 27.3 Å². The molecule has 0 amide bonds. The molecule has 3 aromatic heterocycles. The van der Waals surface area contributed by atoms with Crippen LogP contribution >= 0.6 is 0 Å². The van der Waals surface area contributed by atoms with Gasteiger partial charge in [-0.2, -0.15) is 28.5 Å². The molecule has 0 spiro atoms. The maximum atomic E-state index is 13.4. The van der Waals surface area contributed by atoms with Crippen molar-refractivity contribution in [3.05, 3.63) is 65.2 Å². The molecule has 4 aromatic rings. The fraction of sp³-hybridized carbons (Fsp3) is 0.167. The van der Waals surface area contributed by atoms with Gasteiger partial charge >= 0.3 is 12.1 Å². The smallest absolute Gasteiger partial charge is 0.435 e. The van der Waals surface area contributed by atoms with Gasteiger partial charge < -0.3 is 19.9 Å². The molecule has 0 atom stereocenters. The van der Waals surface area contributed by atoms with Crippen LogP contribution in [0.3, 0.4) is 0 Å². The molecule has 11 nitrogen and oxygen atoms in total. The number of nitrogens with zero attached hydrogens (tertiary/aromatic N) is 6. The van der Waals surface area contributed by atoms with Crippen molar-refractivity contribution < 1.29 is 32.5 Å². The minimum Gasteiger partial charge on any atom is -0.497 e. The zero-order chi connectivity index (χ0) is 27.6. The highest BCUT2D eigenvalue weighted by Crippen LogP contribution is 2.33. The Bertz CT molecular complexity index is 1580. The molecule has 3 heterocycles. The van der Waals surface area contributed by atoms with E-state index in [0.29, 0.717) is 11.4 Å². The number of halogens is 3. The Labute approximate surface area is 213 Å². The van der Waals surface area contributed by atoms with Gasteiger partial charge in [-0.05, 0) is 31.2 Å². The quantitative estimate of drug-likeness (QED) is 0.356. The summed E-state index contributed by atoms with van der Waals surface area (Å²) in [5.41, 5.74) is -0.292. The Morgan fingerprint density at radius 1 is 1.11 bits per heavy atom. The molecule has 0 aliphatic carbocycles. The van der Waals surface area contributed by atoms with Crippen molar-refractivity contribution in [2.45, 2.75) is 13.1 Å². The molecule has 4 rings (SSSR count). The third kappa shape index (κ3) is 5.16. The number of nitrogens with one attached hydrogen (secondary N) is 1. The number of methoxy groups -OCH3 is 2. The maximum Gasteiger partial charge on any atom is 0.435 e. The Morgan fingerprint density at radius 3 is 2.47 bits per heavy atom. The molecule has 0 saturated carbocycles. The van der Waals surface area contributed by atoms with E-state index in [1.54, 1.807) is 6.07 Å². The number of aromatic carboxylic acids is 1. The summed E-state index contributed by atoms with van der Waals surface area (Å²) in [5.74, 6) is -1.21. The van der Waals surface area contributed by atoms with Gasteiger partial charge in [0.05, 0.1) is 25.9 Å². The Morgan fingerprint density at radius 2 is 1.87 bits per heavy atom. The summed E-state index contributed by atoms with van der Waals surface area (Å²) in [6.07, 6.45) is -2.14. The Balaban J connectivity index is 1.89. The minimum absolute atomic E-state index is 0.0377. The summed E-state index contributed by atoms with van der Waals surface area (Å²) < 4.78 is 51.4. The third-order valence-corrected chi connectivity index (χ3v) is 5.26. The van der Waals surface area contributed by atoms with Crippen molar-refractivity contribution in [1.29, 1.82) is 5.26 Å². The maximum absolute atomic E-state index is 13.4. The Hall–Kier alpha value is -5.19. The standard InChI is InChI=1S/C24H18F3N7O4/c1-12-4-19(24(25,26)27)33-34(12)20-18(14-7-17(22(35)36)21(38-3)29-10-14)11-30-23(32-20)31-15-5-13(9-28)6-16(8-15)37-2/h4-8,10-11H,1-3H3,(H,35,36)(H,30,31,32). The highest BCUT2D eigenvalue weighted by Gasteiger charge is 2.35. The van der Waals surface area contributed by atoms with Crippen LogP contribution in [0.4, 0.5) is 24.8 Å². The lowest BCUT2D eigenvalue weighted by Gasteiger charge is -2.14. The number of carboxylic acids is 1. The van der Waals surface area contributed by atoms with E-state index in [9.17, 15) is 28.3 Å². The van der Waals surface area contributed by atoms with E-state index in [-0.39, 0.29) is 45.6 Å². The van der Waals surface area contributed by atoms with Gasteiger partial charge in [0.15, 0.2) is 11.5 Å². The second-order valence-electron chi connectivity index (χ2n) is 7.78. The van der Waals surface area contributed by atoms with Crippen LogP contribution < -0.4 is 14.8 Å². The van der Waals surface area contributed by atoms with E-state index in [1.165, 1.54) is 51.7 Å². The number of nitriles is 1. The first-order chi connectivity index (χ1) is 18.0. The van der Waals surface area contributed by atoms with Crippen LogP contribution in [-0.2, 0) is 6.18 Å². The van der Waals surface area contributed by atoms with Gasteiger partial charge in [0.25, 0.3) is 0 Å². The van der Waals surface area contributed by atoms with Gasteiger partial charge in [0, 0.05) is 41.0 Å². The summed E-state index contributed by atoms with van der Waals surface area (Å²) in [7, 11) is 2.68. The Kier molecular flexibility index (Phi) is 6.85. The highest BCUT2D eigenvalue weighted by atomic mass is 19.4. The first-order valence-corrected chi connectivity index (χ1v) is 10.7. The lowest BCUT2D eigenvalue weighted by Crippen LogP contribution is -2.11. The van der Waals surface area contributed by atoms with Gasteiger partial charge in [0.1, 0.15) is 11.3 Å². The van der Waals surface area contributed by atoms with E-state index in [2.05, 4.69) is 25.4 Å². The van der Waals surface area contributed by atoms with Crippen molar-refractivity contribution in [2.24, 2.45) is 0 Å². The highest BCUT2D eigenvalue weighted by molar-refractivity contribution is 5.92. The molecular formula is C24H18F3N7O4. The number of hydrogen-bond acceptors (Lipinski definition) is 9. The number of aryl methyl sites for hydroxylation is 1.